The van der Waals surface area contributed by atoms with Crippen LogP contribution < -0.4 is 0 Å². The van der Waals surface area contributed by atoms with Crippen molar-refractivity contribution in [1.82, 2.24) is 0 Å². The van der Waals surface area contributed by atoms with Gasteiger partial charge in [0.1, 0.15) is 0 Å². The Morgan fingerprint density at radius 2 is 2.15 bits per heavy atom. The maximum absolute atomic E-state index is 3.59. The summed E-state index contributed by atoms with van der Waals surface area (Å²) in [6.07, 6.45) is 4.43. The molecule has 0 heterocycles. The van der Waals surface area contributed by atoms with Gasteiger partial charge in [0.05, 0.1) is 0 Å². The number of aryl methyl sites for hydroxylation is 1. The molecule has 0 aromatic heterocycles. The van der Waals surface area contributed by atoms with Crippen LogP contribution in [0.4, 0.5) is 0 Å². The fourth-order valence-electron chi connectivity index (χ4n) is 1.12. The van der Waals surface area contributed by atoms with Crippen LogP contribution >= 0.6 is 43.6 Å². The molecule has 1 rings (SSSR count). The fraction of sp³-hybridized carbons (Fsp3) is 0.400. The van der Waals surface area contributed by atoms with Gasteiger partial charge in [-0.15, -0.1) is 11.8 Å². The Morgan fingerprint density at radius 3 is 2.69 bits per heavy atom. The van der Waals surface area contributed by atoms with Crippen LogP contribution in [0.15, 0.2) is 27.6 Å². The Hall–Kier alpha value is 0.530. The Balaban J connectivity index is 2.73. The molecule has 1 aromatic rings. The minimum absolute atomic E-state index is 1.07. The summed E-state index contributed by atoms with van der Waals surface area (Å²) in [5, 5.41) is 1.07. The third kappa shape index (κ3) is 3.64. The summed E-state index contributed by atoms with van der Waals surface area (Å²) in [5.74, 6) is 0. The van der Waals surface area contributed by atoms with Crippen molar-refractivity contribution < 1.29 is 0 Å². The first-order valence-electron chi connectivity index (χ1n) is 4.16. The summed E-state index contributed by atoms with van der Waals surface area (Å²) < 4.78 is 1.24. The van der Waals surface area contributed by atoms with Gasteiger partial charge in [0, 0.05) is 14.7 Å². The lowest BCUT2D eigenvalue weighted by molar-refractivity contribution is 0.932. The Morgan fingerprint density at radius 1 is 1.38 bits per heavy atom. The molecule has 0 atom stereocenters. The van der Waals surface area contributed by atoms with Crippen LogP contribution in [0.5, 0.6) is 0 Å². The van der Waals surface area contributed by atoms with E-state index in [0.717, 1.165) is 11.8 Å². The molecule has 0 amide bonds. The van der Waals surface area contributed by atoms with Crippen molar-refractivity contribution in [2.45, 2.75) is 17.7 Å². The van der Waals surface area contributed by atoms with Crippen molar-refractivity contribution in [2.24, 2.45) is 0 Å². The molecule has 0 nitrogen and oxygen atoms in total. The van der Waals surface area contributed by atoms with Crippen molar-refractivity contribution >= 4 is 43.6 Å². The number of hydrogen-bond acceptors (Lipinski definition) is 1. The molecule has 0 spiro atoms. The third-order valence-electron chi connectivity index (χ3n) is 1.84. The molecule has 0 saturated heterocycles. The fourth-order valence-corrected chi connectivity index (χ4v) is 2.56. The van der Waals surface area contributed by atoms with E-state index in [4.69, 9.17) is 0 Å². The predicted molar refractivity (Wildman–Crippen MR) is 68.0 cm³/mol. The van der Waals surface area contributed by atoms with E-state index in [9.17, 15) is 0 Å². The molecule has 0 unspecified atom stereocenters. The normalized spacial score (nSPS) is 10.4. The second kappa shape index (κ2) is 6.10. The zero-order valence-electron chi connectivity index (χ0n) is 7.52. The van der Waals surface area contributed by atoms with E-state index in [-0.39, 0.29) is 0 Å². The van der Waals surface area contributed by atoms with Crippen molar-refractivity contribution in [1.29, 1.82) is 0 Å². The maximum Gasteiger partial charge on any atom is 0.0218 e. The van der Waals surface area contributed by atoms with Crippen LogP contribution in [0.2, 0.25) is 0 Å². The van der Waals surface area contributed by atoms with E-state index in [1.54, 1.807) is 11.8 Å². The summed E-state index contributed by atoms with van der Waals surface area (Å²) in [6, 6.07) is 6.58. The Kier molecular flexibility index (Phi) is 5.44. The number of rotatable bonds is 4. The first-order chi connectivity index (χ1) is 6.27. The molecule has 0 aliphatic rings. The molecular weight excluding hydrogens is 312 g/mol. The number of halogens is 2. The zero-order chi connectivity index (χ0) is 9.68. The first kappa shape index (κ1) is 11.6. The highest BCUT2D eigenvalue weighted by molar-refractivity contribution is 9.10. The highest BCUT2D eigenvalue weighted by Gasteiger charge is 2.00. The highest BCUT2D eigenvalue weighted by atomic mass is 79.9. The van der Waals surface area contributed by atoms with Gasteiger partial charge in [-0.25, -0.2) is 0 Å². The van der Waals surface area contributed by atoms with E-state index in [0.29, 0.717) is 0 Å². The van der Waals surface area contributed by atoms with Crippen molar-refractivity contribution in [3.8, 4) is 0 Å². The van der Waals surface area contributed by atoms with Crippen molar-refractivity contribution in [3.63, 3.8) is 0 Å². The summed E-state index contributed by atoms with van der Waals surface area (Å²) in [6.45, 7) is 0. The van der Waals surface area contributed by atoms with Gasteiger partial charge in [-0.2, -0.15) is 0 Å². The minimum Gasteiger partial charge on any atom is -0.130 e. The monoisotopic (exact) mass is 322 g/mol. The minimum atomic E-state index is 1.07. The Bertz CT molecular complexity index is 274. The van der Waals surface area contributed by atoms with Gasteiger partial charge in [0.15, 0.2) is 0 Å². The second-order valence-electron chi connectivity index (χ2n) is 2.75. The Labute approximate surface area is 101 Å². The first-order valence-corrected chi connectivity index (χ1v) is 7.30. The van der Waals surface area contributed by atoms with Gasteiger partial charge in [-0.3, -0.25) is 0 Å². The number of benzene rings is 1. The maximum atomic E-state index is 3.59. The van der Waals surface area contributed by atoms with E-state index in [1.807, 2.05) is 0 Å². The van der Waals surface area contributed by atoms with Gasteiger partial charge in [-0.1, -0.05) is 37.9 Å². The smallest absolute Gasteiger partial charge is 0.0218 e. The average Bonchev–Trinajstić information content (AvgIpc) is 2.16. The van der Waals surface area contributed by atoms with Gasteiger partial charge < -0.3 is 0 Å². The number of thioether (sulfide) groups is 1. The van der Waals surface area contributed by atoms with Gasteiger partial charge >= 0.3 is 0 Å². The van der Waals surface area contributed by atoms with Gasteiger partial charge in [-0.05, 0) is 36.8 Å². The van der Waals surface area contributed by atoms with Crippen molar-refractivity contribution in [3.05, 3.63) is 28.2 Å². The summed E-state index contributed by atoms with van der Waals surface area (Å²) >= 11 is 8.81. The largest absolute Gasteiger partial charge is 0.130 e. The predicted octanol–water partition coefficient (Wildman–Crippen LogP) is 4.50. The molecule has 3 heteroatoms. The van der Waals surface area contributed by atoms with Crippen molar-refractivity contribution in [2.75, 3.05) is 11.6 Å². The quantitative estimate of drug-likeness (QED) is 0.580. The van der Waals surface area contributed by atoms with Crippen LogP contribution in [0.25, 0.3) is 0 Å². The van der Waals surface area contributed by atoms with Crippen LogP contribution in [0, 0.1) is 0 Å². The molecule has 0 aliphatic carbocycles. The standard InChI is InChI=1S/C10H12Br2S/c1-13-9-5-4-8(3-2-6-11)10(12)7-9/h4-5,7H,2-3,6H2,1H3. The van der Waals surface area contributed by atoms with E-state index in [2.05, 4.69) is 56.3 Å². The van der Waals surface area contributed by atoms with Crippen LogP contribution in [0.1, 0.15) is 12.0 Å². The molecule has 0 bridgehead atoms. The lowest BCUT2D eigenvalue weighted by atomic mass is 10.1. The second-order valence-corrected chi connectivity index (χ2v) is 5.28. The summed E-state index contributed by atoms with van der Waals surface area (Å²) in [7, 11) is 0. The van der Waals surface area contributed by atoms with Crippen LogP contribution in [-0.2, 0) is 6.42 Å². The zero-order valence-corrected chi connectivity index (χ0v) is 11.5. The van der Waals surface area contributed by atoms with E-state index in [1.165, 1.54) is 21.4 Å². The molecule has 13 heavy (non-hydrogen) atoms. The highest BCUT2D eigenvalue weighted by Crippen LogP contribution is 2.24. The average molecular weight is 324 g/mol. The number of alkyl halides is 1. The molecule has 0 fully saturated rings. The van der Waals surface area contributed by atoms with E-state index >= 15 is 0 Å². The number of hydrogen-bond donors (Lipinski definition) is 0. The van der Waals surface area contributed by atoms with Gasteiger partial charge in [0.2, 0.25) is 0 Å². The molecule has 1 aromatic carbocycles. The summed E-state index contributed by atoms with van der Waals surface area (Å²) in [5.41, 5.74) is 1.40. The lowest BCUT2D eigenvalue weighted by Gasteiger charge is -2.04. The molecule has 72 valence electrons. The molecule has 0 N–H and O–H groups in total. The third-order valence-corrected chi connectivity index (χ3v) is 3.86. The topological polar surface area (TPSA) is 0 Å². The van der Waals surface area contributed by atoms with Crippen LogP contribution in [-0.4, -0.2) is 11.6 Å². The summed E-state index contributed by atoms with van der Waals surface area (Å²) in [4.78, 5) is 1.31. The molecule has 0 aliphatic heterocycles. The molecule has 0 radical (unpaired) electrons. The lowest BCUT2D eigenvalue weighted by Crippen LogP contribution is -1.87. The van der Waals surface area contributed by atoms with Gasteiger partial charge in [0.25, 0.3) is 0 Å². The molecule has 0 saturated carbocycles. The SMILES string of the molecule is CSc1ccc(CCCBr)c(Br)c1. The van der Waals surface area contributed by atoms with E-state index < -0.39 is 0 Å². The van der Waals surface area contributed by atoms with Crippen LogP contribution in [0.3, 0.4) is 0 Å². The molecular formula is C10H12Br2S.